The van der Waals surface area contributed by atoms with Crippen LogP contribution in [0.3, 0.4) is 0 Å². The monoisotopic (exact) mass is 260 g/mol. The molecule has 0 unspecified atom stereocenters. The molecule has 0 atom stereocenters. The molecule has 0 saturated heterocycles. The summed E-state index contributed by atoms with van der Waals surface area (Å²) in [6.45, 7) is 2.57. The zero-order valence-corrected chi connectivity index (χ0v) is 11.4. The van der Waals surface area contributed by atoms with E-state index in [1.54, 1.807) is 0 Å². The lowest BCUT2D eigenvalue weighted by molar-refractivity contribution is 1.07. The third-order valence-corrected chi connectivity index (χ3v) is 3.51. The Labute approximate surface area is 113 Å². The largest absolute Gasteiger partial charge is 0.345 e. The Morgan fingerprint density at radius 2 is 1.67 bits per heavy atom. The first-order valence-electron chi connectivity index (χ1n) is 5.90. The van der Waals surface area contributed by atoms with Gasteiger partial charge in [-0.1, -0.05) is 29.8 Å². The Hall–Kier alpha value is -1.51. The van der Waals surface area contributed by atoms with Gasteiger partial charge in [-0.15, -0.1) is 0 Å². The van der Waals surface area contributed by atoms with Crippen molar-refractivity contribution in [2.24, 2.45) is 5.73 Å². The molecule has 0 heterocycles. The molecule has 0 saturated carbocycles. The van der Waals surface area contributed by atoms with Gasteiger partial charge in [0.15, 0.2) is 0 Å². The highest BCUT2D eigenvalue weighted by molar-refractivity contribution is 6.31. The maximum absolute atomic E-state index is 6.15. The molecule has 18 heavy (non-hydrogen) atoms. The second-order valence-electron chi connectivity index (χ2n) is 4.36. The third kappa shape index (κ3) is 2.66. The molecule has 2 rings (SSSR count). The van der Waals surface area contributed by atoms with Gasteiger partial charge in [-0.05, 0) is 42.3 Å². The lowest BCUT2D eigenvalue weighted by Gasteiger charge is -2.20. The molecule has 2 nitrogen and oxygen atoms in total. The predicted molar refractivity (Wildman–Crippen MR) is 78.6 cm³/mol. The van der Waals surface area contributed by atoms with E-state index in [0.29, 0.717) is 6.54 Å². The van der Waals surface area contributed by atoms with E-state index in [1.165, 1.54) is 0 Å². The maximum Gasteiger partial charge on any atom is 0.0455 e. The molecule has 0 aliphatic carbocycles. The minimum absolute atomic E-state index is 0.570. The molecule has 0 spiro atoms. The van der Waals surface area contributed by atoms with E-state index in [1.807, 2.05) is 38.2 Å². The molecule has 0 radical (unpaired) electrons. The summed E-state index contributed by atoms with van der Waals surface area (Å²) in [5.41, 5.74) is 10.0. The zero-order valence-electron chi connectivity index (χ0n) is 10.7. The average Bonchev–Trinajstić information content (AvgIpc) is 2.41. The summed E-state index contributed by atoms with van der Waals surface area (Å²) in [5, 5.41) is 0.790. The summed E-state index contributed by atoms with van der Waals surface area (Å²) < 4.78 is 0. The number of halogens is 1. The Morgan fingerprint density at radius 1 is 1.06 bits per heavy atom. The first-order valence-corrected chi connectivity index (χ1v) is 6.28. The highest BCUT2D eigenvalue weighted by Crippen LogP contribution is 2.27. The number of anilines is 2. The summed E-state index contributed by atoms with van der Waals surface area (Å²) >= 11 is 6.15. The molecule has 2 aromatic carbocycles. The van der Waals surface area contributed by atoms with E-state index in [-0.39, 0.29) is 0 Å². The minimum atomic E-state index is 0.570. The van der Waals surface area contributed by atoms with E-state index in [0.717, 1.165) is 27.5 Å². The fourth-order valence-corrected chi connectivity index (χ4v) is 1.97. The molecule has 0 amide bonds. The van der Waals surface area contributed by atoms with E-state index in [4.69, 9.17) is 17.3 Å². The topological polar surface area (TPSA) is 29.3 Å². The van der Waals surface area contributed by atoms with Crippen molar-refractivity contribution in [3.63, 3.8) is 0 Å². The molecule has 2 N–H and O–H groups in total. The number of nitrogens with two attached hydrogens (primary N) is 1. The van der Waals surface area contributed by atoms with Crippen LogP contribution in [0, 0.1) is 6.92 Å². The molecule has 0 aromatic heterocycles. The highest BCUT2D eigenvalue weighted by Gasteiger charge is 2.05. The average molecular weight is 261 g/mol. The van der Waals surface area contributed by atoms with E-state index < -0.39 is 0 Å². The van der Waals surface area contributed by atoms with Crippen LogP contribution in [0.2, 0.25) is 5.02 Å². The lowest BCUT2D eigenvalue weighted by Crippen LogP contribution is -2.09. The van der Waals surface area contributed by atoms with Crippen molar-refractivity contribution in [3.8, 4) is 0 Å². The molecule has 94 valence electrons. The predicted octanol–water partition coefficient (Wildman–Crippen LogP) is 3.88. The number of aryl methyl sites for hydroxylation is 1. The Kier molecular flexibility index (Phi) is 3.90. The van der Waals surface area contributed by atoms with Crippen molar-refractivity contribution in [2.75, 3.05) is 11.9 Å². The molecule has 0 fully saturated rings. The molecule has 3 heteroatoms. The van der Waals surface area contributed by atoms with Gasteiger partial charge in [-0.25, -0.2) is 0 Å². The van der Waals surface area contributed by atoms with Crippen LogP contribution in [0.5, 0.6) is 0 Å². The van der Waals surface area contributed by atoms with Gasteiger partial charge in [0.05, 0.1) is 0 Å². The van der Waals surface area contributed by atoms with Crippen molar-refractivity contribution in [3.05, 3.63) is 58.6 Å². The van der Waals surface area contributed by atoms with Crippen LogP contribution in [0.25, 0.3) is 0 Å². The standard InChI is InChI=1S/C15H17ClN2/c1-11-3-6-14(9-15(11)16)18(2)13-7-4-12(10-17)5-8-13/h3-9H,10,17H2,1-2H3. The SMILES string of the molecule is Cc1ccc(N(C)c2ccc(CN)cc2)cc1Cl. The molecular formula is C15H17ClN2. The maximum atomic E-state index is 6.15. The van der Waals surface area contributed by atoms with Gasteiger partial charge in [0.2, 0.25) is 0 Å². The summed E-state index contributed by atoms with van der Waals surface area (Å²) in [5.74, 6) is 0. The van der Waals surface area contributed by atoms with Crippen LogP contribution >= 0.6 is 11.6 Å². The fourth-order valence-electron chi connectivity index (χ4n) is 1.80. The van der Waals surface area contributed by atoms with Gasteiger partial charge < -0.3 is 10.6 Å². The second kappa shape index (κ2) is 5.42. The molecular weight excluding hydrogens is 244 g/mol. The van der Waals surface area contributed by atoms with Crippen LogP contribution in [0.4, 0.5) is 11.4 Å². The Morgan fingerprint density at radius 3 is 2.22 bits per heavy atom. The summed E-state index contributed by atoms with van der Waals surface area (Å²) in [6.07, 6.45) is 0. The van der Waals surface area contributed by atoms with Crippen LogP contribution in [-0.4, -0.2) is 7.05 Å². The van der Waals surface area contributed by atoms with Gasteiger partial charge >= 0.3 is 0 Å². The Bertz CT molecular complexity index is 535. The van der Waals surface area contributed by atoms with E-state index >= 15 is 0 Å². The number of rotatable bonds is 3. The van der Waals surface area contributed by atoms with Crippen molar-refractivity contribution in [1.29, 1.82) is 0 Å². The van der Waals surface area contributed by atoms with Gasteiger partial charge in [-0.3, -0.25) is 0 Å². The van der Waals surface area contributed by atoms with Gasteiger partial charge in [0.25, 0.3) is 0 Å². The van der Waals surface area contributed by atoms with Gasteiger partial charge in [0.1, 0.15) is 0 Å². The zero-order chi connectivity index (χ0) is 13.1. The number of nitrogens with zero attached hydrogens (tertiary/aromatic N) is 1. The second-order valence-corrected chi connectivity index (χ2v) is 4.77. The van der Waals surface area contributed by atoms with Crippen molar-refractivity contribution < 1.29 is 0 Å². The third-order valence-electron chi connectivity index (χ3n) is 3.10. The smallest absolute Gasteiger partial charge is 0.0455 e. The first kappa shape index (κ1) is 12.9. The number of hydrogen-bond acceptors (Lipinski definition) is 2. The number of benzene rings is 2. The van der Waals surface area contributed by atoms with Gasteiger partial charge in [0, 0.05) is 30.0 Å². The number of hydrogen-bond donors (Lipinski definition) is 1. The molecule has 2 aromatic rings. The molecule has 0 bridgehead atoms. The highest BCUT2D eigenvalue weighted by atomic mass is 35.5. The Balaban J connectivity index is 2.28. The summed E-state index contributed by atoms with van der Waals surface area (Å²) in [6, 6.07) is 14.3. The summed E-state index contributed by atoms with van der Waals surface area (Å²) in [4.78, 5) is 2.10. The molecule has 0 aliphatic rings. The van der Waals surface area contributed by atoms with Crippen LogP contribution in [0.15, 0.2) is 42.5 Å². The van der Waals surface area contributed by atoms with Crippen LogP contribution < -0.4 is 10.6 Å². The van der Waals surface area contributed by atoms with Crippen LogP contribution in [-0.2, 0) is 6.54 Å². The first-order chi connectivity index (χ1) is 8.61. The van der Waals surface area contributed by atoms with E-state index in [9.17, 15) is 0 Å². The van der Waals surface area contributed by atoms with Crippen molar-refractivity contribution in [1.82, 2.24) is 0 Å². The van der Waals surface area contributed by atoms with Gasteiger partial charge in [-0.2, -0.15) is 0 Å². The fraction of sp³-hybridized carbons (Fsp3) is 0.200. The normalized spacial score (nSPS) is 10.4. The lowest BCUT2D eigenvalue weighted by atomic mass is 10.1. The van der Waals surface area contributed by atoms with Crippen molar-refractivity contribution in [2.45, 2.75) is 13.5 Å². The van der Waals surface area contributed by atoms with Crippen molar-refractivity contribution >= 4 is 23.0 Å². The quantitative estimate of drug-likeness (QED) is 0.908. The minimum Gasteiger partial charge on any atom is -0.345 e. The van der Waals surface area contributed by atoms with E-state index in [2.05, 4.69) is 23.1 Å². The van der Waals surface area contributed by atoms with Crippen LogP contribution in [0.1, 0.15) is 11.1 Å². The molecule has 0 aliphatic heterocycles. The summed E-state index contributed by atoms with van der Waals surface area (Å²) in [7, 11) is 2.03.